The number of nitrogens with two attached hydrogens (primary N) is 1. The lowest BCUT2D eigenvalue weighted by molar-refractivity contribution is 0.00897. The molecule has 0 radical (unpaired) electrons. The third-order valence-electron chi connectivity index (χ3n) is 2.30. The lowest BCUT2D eigenvalue weighted by atomic mass is 10.1. The molecule has 1 saturated heterocycles. The predicted octanol–water partition coefficient (Wildman–Crippen LogP) is 1.42. The zero-order valence-corrected chi connectivity index (χ0v) is 9.46. The summed E-state index contributed by atoms with van der Waals surface area (Å²) in [7, 11) is 0. The van der Waals surface area contributed by atoms with Crippen LogP contribution in [-0.2, 0) is 4.74 Å². The SMILES string of the molecule is CSc1nc(N)nc(C2CCCCO2)n1. The summed E-state index contributed by atoms with van der Waals surface area (Å²) < 4.78 is 5.60. The maximum Gasteiger partial charge on any atom is 0.224 e. The zero-order valence-electron chi connectivity index (χ0n) is 8.64. The lowest BCUT2D eigenvalue weighted by Crippen LogP contribution is -2.16. The van der Waals surface area contributed by atoms with Gasteiger partial charge >= 0.3 is 0 Å². The van der Waals surface area contributed by atoms with Gasteiger partial charge in [0.2, 0.25) is 5.95 Å². The van der Waals surface area contributed by atoms with Crippen LogP contribution < -0.4 is 5.73 Å². The number of hydrogen-bond donors (Lipinski definition) is 1. The van der Waals surface area contributed by atoms with Crippen LogP contribution in [-0.4, -0.2) is 27.8 Å². The molecule has 1 unspecified atom stereocenters. The van der Waals surface area contributed by atoms with Gasteiger partial charge in [-0.2, -0.15) is 9.97 Å². The van der Waals surface area contributed by atoms with Crippen LogP contribution >= 0.6 is 11.8 Å². The van der Waals surface area contributed by atoms with Crippen LogP contribution in [0.25, 0.3) is 0 Å². The standard InChI is InChI=1S/C9H14N4OS/c1-15-9-12-7(11-8(10)13-9)6-4-2-3-5-14-6/h6H,2-5H2,1H3,(H2,10,11,12,13). The number of ether oxygens (including phenoxy) is 1. The summed E-state index contributed by atoms with van der Waals surface area (Å²) in [6.07, 6.45) is 5.16. The van der Waals surface area contributed by atoms with E-state index in [1.54, 1.807) is 0 Å². The molecule has 2 heterocycles. The quantitative estimate of drug-likeness (QED) is 0.769. The van der Waals surface area contributed by atoms with Crippen LogP contribution in [0.1, 0.15) is 31.2 Å². The number of nitrogens with zero attached hydrogens (tertiary/aromatic N) is 3. The number of hydrogen-bond acceptors (Lipinski definition) is 6. The van der Waals surface area contributed by atoms with E-state index in [2.05, 4.69) is 15.0 Å². The molecule has 0 bridgehead atoms. The topological polar surface area (TPSA) is 73.9 Å². The molecule has 1 atom stereocenters. The van der Waals surface area contributed by atoms with E-state index in [0.717, 1.165) is 25.9 Å². The van der Waals surface area contributed by atoms with Crippen molar-refractivity contribution in [2.24, 2.45) is 0 Å². The number of thioether (sulfide) groups is 1. The van der Waals surface area contributed by atoms with E-state index in [0.29, 0.717) is 11.0 Å². The van der Waals surface area contributed by atoms with E-state index >= 15 is 0 Å². The summed E-state index contributed by atoms with van der Waals surface area (Å²) in [4.78, 5) is 12.4. The minimum atomic E-state index is -0.00468. The average molecular weight is 226 g/mol. The van der Waals surface area contributed by atoms with Crippen LogP contribution in [0.5, 0.6) is 0 Å². The van der Waals surface area contributed by atoms with E-state index in [9.17, 15) is 0 Å². The molecule has 0 aromatic carbocycles. The fraction of sp³-hybridized carbons (Fsp3) is 0.667. The van der Waals surface area contributed by atoms with Crippen LogP contribution in [0.4, 0.5) is 5.95 Å². The first-order valence-electron chi connectivity index (χ1n) is 4.96. The highest BCUT2D eigenvalue weighted by molar-refractivity contribution is 7.98. The minimum absolute atomic E-state index is 0.00468. The van der Waals surface area contributed by atoms with Crippen LogP contribution in [0, 0.1) is 0 Å². The van der Waals surface area contributed by atoms with Crippen LogP contribution in [0.3, 0.4) is 0 Å². The van der Waals surface area contributed by atoms with Crippen molar-refractivity contribution in [3.8, 4) is 0 Å². The van der Waals surface area contributed by atoms with Gasteiger partial charge in [0.15, 0.2) is 11.0 Å². The van der Waals surface area contributed by atoms with Crippen LogP contribution in [0.2, 0.25) is 0 Å². The molecule has 2 N–H and O–H groups in total. The Hall–Kier alpha value is -0.880. The molecule has 0 amide bonds. The van der Waals surface area contributed by atoms with Crippen molar-refractivity contribution >= 4 is 17.7 Å². The third-order valence-corrected chi connectivity index (χ3v) is 2.85. The second-order valence-corrected chi connectivity index (χ2v) is 4.17. The molecular weight excluding hydrogens is 212 g/mol. The Morgan fingerprint density at radius 3 is 2.87 bits per heavy atom. The van der Waals surface area contributed by atoms with E-state index in [1.807, 2.05) is 6.26 Å². The second kappa shape index (κ2) is 4.76. The zero-order chi connectivity index (χ0) is 10.7. The van der Waals surface area contributed by atoms with Gasteiger partial charge in [-0.1, -0.05) is 11.8 Å². The van der Waals surface area contributed by atoms with Crippen LogP contribution in [0.15, 0.2) is 5.16 Å². The van der Waals surface area contributed by atoms with Crippen molar-refractivity contribution < 1.29 is 4.74 Å². The first kappa shape index (κ1) is 10.6. The predicted molar refractivity (Wildman–Crippen MR) is 58.6 cm³/mol. The molecule has 1 aliphatic rings. The highest BCUT2D eigenvalue weighted by atomic mass is 32.2. The summed E-state index contributed by atoms with van der Waals surface area (Å²) in [6, 6.07) is 0. The van der Waals surface area contributed by atoms with Crippen molar-refractivity contribution in [2.75, 3.05) is 18.6 Å². The molecular formula is C9H14N4OS. The smallest absolute Gasteiger partial charge is 0.224 e. The summed E-state index contributed by atoms with van der Waals surface area (Å²) >= 11 is 1.46. The largest absolute Gasteiger partial charge is 0.370 e. The molecule has 1 aromatic rings. The summed E-state index contributed by atoms with van der Waals surface area (Å²) in [5, 5.41) is 0.659. The fourth-order valence-corrected chi connectivity index (χ4v) is 1.94. The monoisotopic (exact) mass is 226 g/mol. The van der Waals surface area contributed by atoms with Crippen molar-refractivity contribution in [2.45, 2.75) is 30.5 Å². The van der Waals surface area contributed by atoms with Gasteiger partial charge in [-0.05, 0) is 25.5 Å². The molecule has 6 heteroatoms. The summed E-state index contributed by atoms with van der Waals surface area (Å²) in [5.74, 6) is 0.949. The van der Waals surface area contributed by atoms with E-state index in [1.165, 1.54) is 11.8 Å². The van der Waals surface area contributed by atoms with Gasteiger partial charge in [-0.15, -0.1) is 0 Å². The Morgan fingerprint density at radius 2 is 2.20 bits per heavy atom. The molecule has 1 aliphatic heterocycles. The molecule has 15 heavy (non-hydrogen) atoms. The second-order valence-electron chi connectivity index (χ2n) is 3.39. The van der Waals surface area contributed by atoms with E-state index in [4.69, 9.17) is 10.5 Å². The molecule has 5 nitrogen and oxygen atoms in total. The molecule has 82 valence electrons. The number of aromatic nitrogens is 3. The van der Waals surface area contributed by atoms with Gasteiger partial charge in [0.25, 0.3) is 0 Å². The highest BCUT2D eigenvalue weighted by Crippen LogP contribution is 2.26. The fourth-order valence-electron chi connectivity index (χ4n) is 1.57. The Labute approximate surface area is 92.9 Å². The van der Waals surface area contributed by atoms with E-state index in [-0.39, 0.29) is 12.1 Å². The van der Waals surface area contributed by atoms with Crippen molar-refractivity contribution in [1.82, 2.24) is 15.0 Å². The van der Waals surface area contributed by atoms with Crippen molar-refractivity contribution in [3.63, 3.8) is 0 Å². The van der Waals surface area contributed by atoms with Gasteiger partial charge < -0.3 is 10.5 Å². The number of nitrogen functional groups attached to an aromatic ring is 1. The Bertz CT molecular complexity index is 341. The minimum Gasteiger partial charge on any atom is -0.370 e. The molecule has 0 spiro atoms. The van der Waals surface area contributed by atoms with E-state index < -0.39 is 0 Å². The van der Waals surface area contributed by atoms with Gasteiger partial charge in [-0.3, -0.25) is 0 Å². The maximum atomic E-state index is 5.61. The third kappa shape index (κ3) is 2.57. The summed E-state index contributed by atoms with van der Waals surface area (Å²) in [5.41, 5.74) is 5.61. The summed E-state index contributed by atoms with van der Waals surface area (Å²) in [6.45, 7) is 0.783. The van der Waals surface area contributed by atoms with Gasteiger partial charge in [0, 0.05) is 6.61 Å². The van der Waals surface area contributed by atoms with Crippen molar-refractivity contribution in [1.29, 1.82) is 0 Å². The Balaban J connectivity index is 2.22. The molecule has 1 fully saturated rings. The first-order valence-corrected chi connectivity index (χ1v) is 6.19. The molecule has 0 aliphatic carbocycles. The van der Waals surface area contributed by atoms with Gasteiger partial charge in [0.1, 0.15) is 6.10 Å². The Kier molecular flexibility index (Phi) is 3.37. The van der Waals surface area contributed by atoms with Gasteiger partial charge in [-0.25, -0.2) is 4.98 Å². The first-order chi connectivity index (χ1) is 7.29. The number of anilines is 1. The Morgan fingerprint density at radius 1 is 1.33 bits per heavy atom. The van der Waals surface area contributed by atoms with Gasteiger partial charge in [0.05, 0.1) is 0 Å². The van der Waals surface area contributed by atoms with Crippen molar-refractivity contribution in [3.05, 3.63) is 5.82 Å². The highest BCUT2D eigenvalue weighted by Gasteiger charge is 2.20. The average Bonchev–Trinajstić information content (AvgIpc) is 2.29. The lowest BCUT2D eigenvalue weighted by Gasteiger charge is -2.21. The number of rotatable bonds is 2. The maximum absolute atomic E-state index is 5.61. The molecule has 0 saturated carbocycles. The normalized spacial score (nSPS) is 21.5. The molecule has 1 aromatic heterocycles. The molecule has 2 rings (SSSR count).